The fourth-order valence-corrected chi connectivity index (χ4v) is 1.71. The third kappa shape index (κ3) is 4.38. The Kier molecular flexibility index (Phi) is 6.13. The van der Waals surface area contributed by atoms with Crippen LogP contribution < -0.4 is 5.73 Å². The SMILES string of the molecule is C=C(C)Sc1cc(N)ccc1C.CC. The molecule has 0 spiro atoms. The average molecular weight is 209 g/mol. The maximum Gasteiger partial charge on any atom is 0.0325 e. The molecule has 0 aliphatic rings. The zero-order valence-electron chi connectivity index (χ0n) is 9.42. The lowest BCUT2D eigenvalue weighted by Crippen LogP contribution is -1.86. The van der Waals surface area contributed by atoms with E-state index in [1.54, 1.807) is 11.8 Å². The minimum Gasteiger partial charge on any atom is -0.399 e. The van der Waals surface area contributed by atoms with E-state index in [-0.39, 0.29) is 0 Å². The molecular formula is C12H19NS. The fourth-order valence-electron chi connectivity index (χ4n) is 0.914. The Morgan fingerprint density at radius 3 is 2.43 bits per heavy atom. The first-order chi connectivity index (χ1) is 6.59. The Labute approximate surface area is 91.4 Å². The van der Waals surface area contributed by atoms with Gasteiger partial charge in [0.15, 0.2) is 0 Å². The van der Waals surface area contributed by atoms with E-state index in [9.17, 15) is 0 Å². The highest BCUT2D eigenvalue weighted by Crippen LogP contribution is 2.29. The molecule has 2 heteroatoms. The van der Waals surface area contributed by atoms with Crippen molar-refractivity contribution in [1.29, 1.82) is 0 Å². The van der Waals surface area contributed by atoms with Crippen molar-refractivity contribution in [2.45, 2.75) is 32.6 Å². The predicted octanol–water partition coefficient (Wildman–Crippen LogP) is 4.23. The zero-order valence-corrected chi connectivity index (χ0v) is 10.2. The first kappa shape index (κ1) is 13.1. The Bertz CT molecular complexity index is 305. The van der Waals surface area contributed by atoms with Crippen molar-refractivity contribution >= 4 is 17.4 Å². The van der Waals surface area contributed by atoms with Crippen molar-refractivity contribution in [1.82, 2.24) is 0 Å². The molecule has 0 amide bonds. The van der Waals surface area contributed by atoms with Crippen molar-refractivity contribution in [2.24, 2.45) is 0 Å². The van der Waals surface area contributed by atoms with Crippen LogP contribution in [0, 0.1) is 6.92 Å². The molecule has 0 saturated heterocycles. The summed E-state index contributed by atoms with van der Waals surface area (Å²) in [4.78, 5) is 2.28. The molecule has 0 aliphatic carbocycles. The maximum absolute atomic E-state index is 5.66. The summed E-state index contributed by atoms with van der Waals surface area (Å²) in [6, 6.07) is 5.92. The van der Waals surface area contributed by atoms with Gasteiger partial charge < -0.3 is 5.73 Å². The summed E-state index contributed by atoms with van der Waals surface area (Å²) >= 11 is 1.66. The average Bonchev–Trinajstić information content (AvgIpc) is 2.14. The van der Waals surface area contributed by atoms with E-state index in [0.29, 0.717) is 0 Å². The van der Waals surface area contributed by atoms with Crippen molar-refractivity contribution in [3.05, 3.63) is 35.2 Å². The lowest BCUT2D eigenvalue weighted by atomic mass is 10.2. The summed E-state index contributed by atoms with van der Waals surface area (Å²) in [6.07, 6.45) is 0. The van der Waals surface area contributed by atoms with E-state index in [0.717, 1.165) is 10.6 Å². The van der Waals surface area contributed by atoms with E-state index < -0.39 is 0 Å². The molecule has 1 nitrogen and oxygen atoms in total. The normalized spacial score (nSPS) is 8.86. The highest BCUT2D eigenvalue weighted by Gasteiger charge is 1.99. The molecule has 2 N–H and O–H groups in total. The van der Waals surface area contributed by atoms with E-state index >= 15 is 0 Å². The first-order valence-corrected chi connectivity index (χ1v) is 5.61. The van der Waals surface area contributed by atoms with Gasteiger partial charge >= 0.3 is 0 Å². The molecule has 0 saturated carbocycles. The number of benzene rings is 1. The molecule has 14 heavy (non-hydrogen) atoms. The van der Waals surface area contributed by atoms with Crippen LogP contribution in [0.3, 0.4) is 0 Å². The summed E-state index contributed by atoms with van der Waals surface area (Å²) < 4.78 is 0. The van der Waals surface area contributed by atoms with E-state index in [4.69, 9.17) is 5.73 Å². The van der Waals surface area contributed by atoms with Gasteiger partial charge in [0.05, 0.1) is 0 Å². The van der Waals surface area contributed by atoms with Gasteiger partial charge in [-0.2, -0.15) is 0 Å². The third-order valence-corrected chi connectivity index (χ3v) is 2.50. The Balaban J connectivity index is 0.000000791. The lowest BCUT2D eigenvalue weighted by molar-refractivity contribution is 1.31. The molecule has 0 aliphatic heterocycles. The van der Waals surface area contributed by atoms with Gasteiger partial charge in [-0.25, -0.2) is 0 Å². The number of aryl methyl sites for hydroxylation is 1. The molecule has 78 valence electrons. The molecule has 0 heterocycles. The number of allylic oxidation sites excluding steroid dienone is 1. The minimum atomic E-state index is 0.810. The number of hydrogen-bond donors (Lipinski definition) is 1. The van der Waals surface area contributed by atoms with Gasteiger partial charge in [-0.15, -0.1) is 0 Å². The summed E-state index contributed by atoms with van der Waals surface area (Å²) in [6.45, 7) is 11.9. The topological polar surface area (TPSA) is 26.0 Å². The Hall–Kier alpha value is -0.890. The second-order valence-electron chi connectivity index (χ2n) is 2.83. The highest BCUT2D eigenvalue weighted by atomic mass is 32.2. The maximum atomic E-state index is 5.66. The van der Waals surface area contributed by atoms with Crippen LogP contribution in [0.25, 0.3) is 0 Å². The molecule has 0 fully saturated rings. The van der Waals surface area contributed by atoms with Crippen molar-refractivity contribution in [3.8, 4) is 0 Å². The van der Waals surface area contributed by atoms with Crippen molar-refractivity contribution in [3.63, 3.8) is 0 Å². The minimum absolute atomic E-state index is 0.810. The highest BCUT2D eigenvalue weighted by molar-refractivity contribution is 8.03. The van der Waals surface area contributed by atoms with Crippen molar-refractivity contribution < 1.29 is 0 Å². The molecular weight excluding hydrogens is 190 g/mol. The molecule has 0 aromatic heterocycles. The second-order valence-corrected chi connectivity index (χ2v) is 4.17. The van der Waals surface area contributed by atoms with Crippen LogP contribution in [0.5, 0.6) is 0 Å². The van der Waals surface area contributed by atoms with E-state index in [1.165, 1.54) is 10.5 Å². The molecule has 0 atom stereocenters. The summed E-state index contributed by atoms with van der Waals surface area (Å²) in [7, 11) is 0. The van der Waals surface area contributed by atoms with Crippen LogP contribution in [0.15, 0.2) is 34.6 Å². The molecule has 1 aromatic rings. The van der Waals surface area contributed by atoms with Crippen LogP contribution in [0.2, 0.25) is 0 Å². The van der Waals surface area contributed by atoms with Crippen LogP contribution in [0.4, 0.5) is 5.69 Å². The smallest absolute Gasteiger partial charge is 0.0325 e. The lowest BCUT2D eigenvalue weighted by Gasteiger charge is -2.05. The number of thioether (sulfide) groups is 1. The number of nitrogens with two attached hydrogens (primary N) is 1. The summed E-state index contributed by atoms with van der Waals surface area (Å²) in [5, 5.41) is 0. The summed E-state index contributed by atoms with van der Waals surface area (Å²) in [5.74, 6) is 0. The van der Waals surface area contributed by atoms with Gasteiger partial charge in [0, 0.05) is 10.6 Å². The van der Waals surface area contributed by atoms with Crippen LogP contribution in [0.1, 0.15) is 26.3 Å². The molecule has 0 bridgehead atoms. The summed E-state index contributed by atoms with van der Waals surface area (Å²) in [5.41, 5.74) is 7.72. The molecule has 0 unspecified atom stereocenters. The zero-order chi connectivity index (χ0) is 11.1. The first-order valence-electron chi connectivity index (χ1n) is 4.79. The monoisotopic (exact) mass is 209 g/mol. The van der Waals surface area contributed by atoms with Crippen molar-refractivity contribution in [2.75, 3.05) is 5.73 Å². The van der Waals surface area contributed by atoms with Gasteiger partial charge in [-0.3, -0.25) is 0 Å². The van der Waals surface area contributed by atoms with E-state index in [1.807, 2.05) is 39.0 Å². The largest absolute Gasteiger partial charge is 0.399 e. The van der Waals surface area contributed by atoms with Gasteiger partial charge in [-0.05, 0) is 36.4 Å². The second kappa shape index (κ2) is 6.55. The van der Waals surface area contributed by atoms with Crippen LogP contribution in [-0.4, -0.2) is 0 Å². The van der Waals surface area contributed by atoms with Gasteiger partial charge in [0.2, 0.25) is 0 Å². The number of hydrogen-bond acceptors (Lipinski definition) is 2. The number of nitrogen functional groups attached to an aromatic ring is 1. The van der Waals surface area contributed by atoms with Gasteiger partial charge in [-0.1, -0.05) is 38.3 Å². The molecule has 0 radical (unpaired) electrons. The van der Waals surface area contributed by atoms with Gasteiger partial charge in [0.25, 0.3) is 0 Å². The third-order valence-electron chi connectivity index (χ3n) is 1.50. The number of rotatable bonds is 2. The fraction of sp³-hybridized carbons (Fsp3) is 0.333. The molecule has 1 rings (SSSR count). The number of anilines is 1. The van der Waals surface area contributed by atoms with E-state index in [2.05, 4.69) is 13.5 Å². The quantitative estimate of drug-likeness (QED) is 0.582. The standard InChI is InChI=1S/C10H13NS.C2H6/c1-7(2)12-10-6-9(11)5-4-8(10)3;1-2/h4-6H,1,11H2,2-3H3;1-2H3. The van der Waals surface area contributed by atoms with Crippen LogP contribution in [-0.2, 0) is 0 Å². The van der Waals surface area contributed by atoms with Gasteiger partial charge in [0.1, 0.15) is 0 Å². The predicted molar refractivity (Wildman–Crippen MR) is 67.6 cm³/mol. The Morgan fingerprint density at radius 2 is 1.93 bits per heavy atom. The Morgan fingerprint density at radius 1 is 1.36 bits per heavy atom. The molecule has 1 aromatic carbocycles. The van der Waals surface area contributed by atoms with Crippen LogP contribution >= 0.6 is 11.8 Å².